The summed E-state index contributed by atoms with van der Waals surface area (Å²) in [5.74, 6) is 2.01. The molecule has 0 spiro atoms. The third-order valence-electron chi connectivity index (χ3n) is 6.69. The fourth-order valence-electron chi connectivity index (χ4n) is 4.74. The Morgan fingerprint density at radius 3 is 2.57 bits per heavy atom. The number of para-hydroxylation sites is 1. The largest absolute Gasteiger partial charge is 0.483 e. The molecule has 1 unspecified atom stereocenters. The smallest absolute Gasteiger partial charge is 0.370 e. The van der Waals surface area contributed by atoms with Crippen LogP contribution in [0.5, 0.6) is 17.2 Å². The van der Waals surface area contributed by atoms with Gasteiger partial charge in [-0.05, 0) is 58.0 Å². The normalized spacial score (nSPS) is 21.2. The van der Waals surface area contributed by atoms with Gasteiger partial charge in [0, 0.05) is 25.7 Å². The molecule has 0 saturated carbocycles. The lowest BCUT2D eigenvalue weighted by Gasteiger charge is -2.39. The summed E-state index contributed by atoms with van der Waals surface area (Å²) in [7, 11) is -2.49. The molecule has 3 aliphatic rings. The molecule has 5 rings (SSSR count). The second kappa shape index (κ2) is 10.6. The van der Waals surface area contributed by atoms with E-state index in [0.717, 1.165) is 36.5 Å². The van der Waals surface area contributed by atoms with Gasteiger partial charge >= 0.3 is 16.2 Å². The average Bonchev–Trinajstić information content (AvgIpc) is 2.89. The zero-order valence-corrected chi connectivity index (χ0v) is 22.3. The van der Waals surface area contributed by atoms with Gasteiger partial charge in [-0.3, -0.25) is 9.80 Å². The molecule has 10 nitrogen and oxygen atoms in total. The van der Waals surface area contributed by atoms with E-state index in [2.05, 4.69) is 19.8 Å². The highest BCUT2D eigenvalue weighted by Gasteiger charge is 2.36. The van der Waals surface area contributed by atoms with Crippen molar-refractivity contribution in [1.29, 1.82) is 0 Å². The molecule has 37 heavy (non-hydrogen) atoms. The summed E-state index contributed by atoms with van der Waals surface area (Å²) in [6, 6.07) is 13.1. The van der Waals surface area contributed by atoms with Crippen molar-refractivity contribution in [1.82, 2.24) is 14.7 Å². The maximum atomic E-state index is 12.6. The minimum absolute atomic E-state index is 0.0896. The fraction of sp³-hybridized carbons (Fsp3) is 0.462. The lowest BCUT2D eigenvalue weighted by molar-refractivity contribution is 0.00483. The molecule has 0 aliphatic carbocycles. The number of rotatable bonds is 5. The number of hydrogen-bond acceptors (Lipinski definition) is 8. The highest BCUT2D eigenvalue weighted by Crippen LogP contribution is 2.37. The number of piperidine rings is 1. The van der Waals surface area contributed by atoms with Crippen LogP contribution >= 0.6 is 0 Å². The third kappa shape index (κ3) is 5.67. The van der Waals surface area contributed by atoms with Gasteiger partial charge < -0.3 is 19.1 Å². The number of amidine groups is 1. The van der Waals surface area contributed by atoms with Crippen molar-refractivity contribution in [2.75, 3.05) is 33.3 Å². The molecule has 2 aromatic carbocycles. The van der Waals surface area contributed by atoms with Crippen molar-refractivity contribution in [3.63, 3.8) is 0 Å². The summed E-state index contributed by atoms with van der Waals surface area (Å²) >= 11 is 0. The highest BCUT2D eigenvalue weighted by molar-refractivity contribution is 7.89. The van der Waals surface area contributed by atoms with Gasteiger partial charge in [0.05, 0.1) is 0 Å². The molecule has 1 saturated heterocycles. The number of fused-ring (bicyclic) bond motifs is 1. The number of hydrogen-bond donors (Lipinski definition) is 0. The number of nitrogens with zero attached hydrogens (tertiary/aromatic N) is 5. The lowest BCUT2D eigenvalue weighted by Crippen LogP contribution is -2.56. The summed E-state index contributed by atoms with van der Waals surface area (Å²) in [6.45, 7) is 7.50. The van der Waals surface area contributed by atoms with Gasteiger partial charge in [0.1, 0.15) is 12.4 Å². The maximum absolute atomic E-state index is 12.6. The molecule has 1 fully saturated rings. The van der Waals surface area contributed by atoms with E-state index < -0.39 is 16.4 Å². The first-order chi connectivity index (χ1) is 17.8. The Labute approximate surface area is 218 Å². The zero-order valence-electron chi connectivity index (χ0n) is 21.5. The van der Waals surface area contributed by atoms with Crippen LogP contribution in [-0.2, 0) is 16.8 Å². The number of likely N-dealkylation sites (tertiary alicyclic amines) is 1. The van der Waals surface area contributed by atoms with E-state index in [4.69, 9.17) is 14.2 Å². The van der Waals surface area contributed by atoms with E-state index in [-0.39, 0.29) is 18.6 Å². The molecule has 1 atom stereocenters. The summed E-state index contributed by atoms with van der Waals surface area (Å²) in [5.41, 5.74) is 2.16. The molecule has 0 amide bonds. The first-order valence-corrected chi connectivity index (χ1v) is 14.1. The third-order valence-corrected chi connectivity index (χ3v) is 7.47. The van der Waals surface area contributed by atoms with Gasteiger partial charge in [-0.1, -0.05) is 40.6 Å². The van der Waals surface area contributed by atoms with Crippen LogP contribution in [0.2, 0.25) is 0 Å². The molecular weight excluding hydrogens is 494 g/mol. The van der Waals surface area contributed by atoms with Gasteiger partial charge in [-0.15, -0.1) is 4.40 Å². The first-order valence-electron chi connectivity index (χ1n) is 12.7. The highest BCUT2D eigenvalue weighted by atomic mass is 32.2. The van der Waals surface area contributed by atoms with Gasteiger partial charge in [0.2, 0.25) is 12.2 Å². The summed E-state index contributed by atoms with van der Waals surface area (Å²) in [5, 5.41) is 0. The van der Waals surface area contributed by atoms with E-state index >= 15 is 0 Å². The lowest BCUT2D eigenvalue weighted by atomic mass is 10.1. The van der Waals surface area contributed by atoms with Crippen LogP contribution in [0.3, 0.4) is 0 Å². The summed E-state index contributed by atoms with van der Waals surface area (Å²) in [4.78, 5) is 5.69. The number of benzene rings is 2. The van der Waals surface area contributed by atoms with Crippen LogP contribution < -0.4 is 14.2 Å². The molecular formula is C26H33N5O5S. The standard InChI is InChI=1S/C26H33N5O5S/c1-4-31(25-27-37(32,33)28-26(29(25)3)35-21-13-11-19(2)12-14-21)23-18-34-24-20(9-8-10-22(24)36-23)17-30-15-6-5-7-16-30/h8-14,23H,4-7,15-18H2,1-3H3. The molecule has 3 aliphatic heterocycles. The average molecular weight is 528 g/mol. The van der Waals surface area contributed by atoms with Crippen LogP contribution in [0.25, 0.3) is 0 Å². The van der Waals surface area contributed by atoms with Crippen molar-refractivity contribution >= 4 is 22.2 Å². The molecule has 198 valence electrons. The Morgan fingerprint density at radius 1 is 1.08 bits per heavy atom. The summed E-state index contributed by atoms with van der Waals surface area (Å²) in [6.07, 6.45) is 3.14. The van der Waals surface area contributed by atoms with E-state index in [0.29, 0.717) is 18.0 Å². The Hall–Kier alpha value is -3.31. The predicted molar refractivity (Wildman–Crippen MR) is 141 cm³/mol. The van der Waals surface area contributed by atoms with E-state index in [9.17, 15) is 8.42 Å². The SMILES string of the molecule is CCN(C1=NS(=O)(=O)N=C(Oc2ccc(C)cc2)N1C)C1COc2c(CN3CCCCC3)cccc2O1. The van der Waals surface area contributed by atoms with E-state index in [1.165, 1.54) is 24.2 Å². The fourth-order valence-corrected chi connectivity index (χ4v) is 5.57. The van der Waals surface area contributed by atoms with Crippen molar-refractivity contribution in [2.24, 2.45) is 8.80 Å². The Balaban J connectivity index is 1.35. The van der Waals surface area contributed by atoms with Crippen molar-refractivity contribution in [2.45, 2.75) is 45.9 Å². The quantitative estimate of drug-likeness (QED) is 0.584. The molecule has 0 bridgehead atoms. The molecule has 0 aromatic heterocycles. The topological polar surface area (TPSA) is 96.3 Å². The number of ether oxygens (including phenoxy) is 3. The molecule has 0 N–H and O–H groups in total. The zero-order chi connectivity index (χ0) is 26.0. The number of likely N-dealkylation sites (N-methyl/N-ethyl adjacent to an activating group) is 1. The van der Waals surface area contributed by atoms with Gasteiger partial charge in [0.25, 0.3) is 0 Å². The first kappa shape index (κ1) is 25.3. The minimum atomic E-state index is -4.15. The number of guanidine groups is 1. The summed E-state index contributed by atoms with van der Waals surface area (Å²) < 4.78 is 51.3. The second-order valence-corrected chi connectivity index (χ2v) is 10.7. The van der Waals surface area contributed by atoms with Crippen molar-refractivity contribution in [3.8, 4) is 17.2 Å². The van der Waals surface area contributed by atoms with Crippen LogP contribution in [0.1, 0.15) is 37.3 Å². The second-order valence-electron chi connectivity index (χ2n) is 9.44. The Bertz CT molecular complexity index is 1290. The molecule has 2 aromatic rings. The maximum Gasteiger partial charge on any atom is 0.370 e. The predicted octanol–water partition coefficient (Wildman–Crippen LogP) is 3.38. The molecule has 11 heteroatoms. The van der Waals surface area contributed by atoms with E-state index in [1.807, 2.05) is 38.1 Å². The number of aryl methyl sites for hydroxylation is 1. The monoisotopic (exact) mass is 527 g/mol. The van der Waals surface area contributed by atoms with Crippen LogP contribution in [0.4, 0.5) is 0 Å². The van der Waals surface area contributed by atoms with Crippen molar-refractivity contribution < 1.29 is 22.6 Å². The molecule has 0 radical (unpaired) electrons. The van der Waals surface area contributed by atoms with Crippen LogP contribution in [-0.4, -0.2) is 74.6 Å². The van der Waals surface area contributed by atoms with Gasteiger partial charge in [0.15, 0.2) is 11.5 Å². The van der Waals surface area contributed by atoms with Crippen LogP contribution in [0, 0.1) is 6.92 Å². The molecule has 3 heterocycles. The van der Waals surface area contributed by atoms with Gasteiger partial charge in [-0.25, -0.2) is 0 Å². The van der Waals surface area contributed by atoms with Gasteiger partial charge in [-0.2, -0.15) is 8.42 Å². The van der Waals surface area contributed by atoms with Crippen LogP contribution in [0.15, 0.2) is 51.3 Å². The Kier molecular flexibility index (Phi) is 7.25. The van der Waals surface area contributed by atoms with Crippen molar-refractivity contribution in [3.05, 3.63) is 53.6 Å². The minimum Gasteiger partial charge on any atom is -0.483 e. The Morgan fingerprint density at radius 2 is 1.84 bits per heavy atom. The van der Waals surface area contributed by atoms with E-state index in [1.54, 1.807) is 24.1 Å².